The number of amides is 2. The zero-order chi connectivity index (χ0) is 12.1. The molecule has 0 bridgehead atoms. The van der Waals surface area contributed by atoms with Gasteiger partial charge in [-0.3, -0.25) is 14.9 Å². The van der Waals surface area contributed by atoms with Gasteiger partial charge in [-0.2, -0.15) is 0 Å². The molecule has 0 unspecified atom stereocenters. The molecule has 0 aliphatic heterocycles. The van der Waals surface area contributed by atoms with Gasteiger partial charge >= 0.3 is 11.9 Å². The summed E-state index contributed by atoms with van der Waals surface area (Å²) in [6.45, 7) is 1.69. The number of aromatic nitrogens is 1. The largest absolute Gasteiger partial charge is 0.459 e. The summed E-state index contributed by atoms with van der Waals surface area (Å²) in [5, 5.41) is 3.68. The first kappa shape index (κ1) is 12.1. The molecule has 0 saturated carbocycles. The predicted molar refractivity (Wildman–Crippen MR) is 55.9 cm³/mol. The van der Waals surface area contributed by atoms with Gasteiger partial charge < -0.3 is 10.5 Å². The second-order valence-electron chi connectivity index (χ2n) is 2.58. The van der Waals surface area contributed by atoms with Crippen molar-refractivity contribution in [1.29, 1.82) is 0 Å². The molecule has 1 aromatic rings. The van der Waals surface area contributed by atoms with Crippen LogP contribution in [-0.2, 0) is 14.3 Å². The van der Waals surface area contributed by atoms with E-state index in [2.05, 4.69) is 15.0 Å². The molecule has 86 valence electrons. The van der Waals surface area contributed by atoms with Crippen molar-refractivity contribution in [3.63, 3.8) is 0 Å². The summed E-state index contributed by atoms with van der Waals surface area (Å²) < 4.78 is 4.46. The van der Waals surface area contributed by atoms with Gasteiger partial charge in [0.25, 0.3) is 5.91 Å². The number of nitrogens with two attached hydrogens (primary N) is 1. The van der Waals surface area contributed by atoms with Gasteiger partial charge in [0.05, 0.1) is 6.61 Å². The van der Waals surface area contributed by atoms with E-state index in [1.807, 2.05) is 0 Å². The summed E-state index contributed by atoms with van der Waals surface area (Å²) in [6.07, 6.45) is 0. The Morgan fingerprint density at radius 3 is 2.75 bits per heavy atom. The summed E-state index contributed by atoms with van der Waals surface area (Å²) in [4.78, 5) is 36.5. The zero-order valence-corrected chi connectivity index (χ0v) is 9.17. The molecule has 3 N–H and O–H groups in total. The highest BCUT2D eigenvalue weighted by Gasteiger charge is 2.17. The fourth-order valence-electron chi connectivity index (χ4n) is 0.789. The number of hydrogen-bond acceptors (Lipinski definition) is 6. The molecular weight excluding hydrogens is 234 g/mol. The van der Waals surface area contributed by atoms with Gasteiger partial charge in [0, 0.05) is 5.38 Å². The minimum absolute atomic E-state index is 0.0316. The zero-order valence-electron chi connectivity index (χ0n) is 8.35. The third-order valence-corrected chi connectivity index (χ3v) is 2.20. The van der Waals surface area contributed by atoms with Crippen LogP contribution in [0, 0.1) is 0 Å². The van der Waals surface area contributed by atoms with Crippen molar-refractivity contribution in [2.75, 3.05) is 11.9 Å². The number of thiazole rings is 1. The van der Waals surface area contributed by atoms with Crippen molar-refractivity contribution < 1.29 is 19.1 Å². The van der Waals surface area contributed by atoms with Gasteiger partial charge in [-0.15, -0.1) is 11.3 Å². The lowest BCUT2D eigenvalue weighted by Crippen LogP contribution is -2.25. The lowest BCUT2D eigenvalue weighted by Gasteiger charge is -2.00. The highest BCUT2D eigenvalue weighted by atomic mass is 32.1. The second-order valence-corrected chi connectivity index (χ2v) is 3.43. The first-order valence-corrected chi connectivity index (χ1v) is 5.16. The van der Waals surface area contributed by atoms with Crippen LogP contribution in [-0.4, -0.2) is 29.4 Å². The summed E-state index contributed by atoms with van der Waals surface area (Å²) in [5.74, 6) is -2.64. The van der Waals surface area contributed by atoms with E-state index < -0.39 is 17.8 Å². The normalized spacial score (nSPS) is 9.56. The third kappa shape index (κ3) is 3.02. The number of anilines is 1. The van der Waals surface area contributed by atoms with E-state index in [0.717, 1.165) is 11.3 Å². The summed E-state index contributed by atoms with van der Waals surface area (Å²) >= 11 is 0.990. The standard InChI is InChI=1S/C8H9N3O4S/c1-2-15-7(14)6(13)11-8-10-4(3-16-8)5(9)12/h3H,2H2,1H3,(H2,9,12)(H,10,11,13). The van der Waals surface area contributed by atoms with Crippen LogP contribution in [0.25, 0.3) is 0 Å². The van der Waals surface area contributed by atoms with E-state index in [9.17, 15) is 14.4 Å². The van der Waals surface area contributed by atoms with Gasteiger partial charge in [0.2, 0.25) is 0 Å². The smallest absolute Gasteiger partial charge is 0.397 e. The molecule has 0 radical (unpaired) electrons. The first-order valence-electron chi connectivity index (χ1n) is 4.28. The molecule has 0 aromatic carbocycles. The molecular formula is C8H9N3O4S. The molecule has 7 nitrogen and oxygen atoms in total. The lowest BCUT2D eigenvalue weighted by molar-refractivity contribution is -0.152. The van der Waals surface area contributed by atoms with Crippen molar-refractivity contribution in [1.82, 2.24) is 4.98 Å². The van der Waals surface area contributed by atoms with Crippen molar-refractivity contribution >= 4 is 34.3 Å². The molecule has 1 aromatic heterocycles. The SMILES string of the molecule is CCOC(=O)C(=O)Nc1nc(C(N)=O)cs1. The molecule has 0 saturated heterocycles. The van der Waals surface area contributed by atoms with E-state index in [1.165, 1.54) is 5.38 Å². The van der Waals surface area contributed by atoms with Crippen LogP contribution in [0.15, 0.2) is 5.38 Å². The Morgan fingerprint density at radius 1 is 1.56 bits per heavy atom. The third-order valence-electron chi connectivity index (χ3n) is 1.44. The highest BCUT2D eigenvalue weighted by Crippen LogP contribution is 2.14. The number of primary amides is 1. The molecule has 16 heavy (non-hydrogen) atoms. The number of rotatable bonds is 3. The van der Waals surface area contributed by atoms with Crippen LogP contribution in [0.1, 0.15) is 17.4 Å². The predicted octanol–water partition coefficient (Wildman–Crippen LogP) is -0.256. The van der Waals surface area contributed by atoms with Crippen LogP contribution in [0.4, 0.5) is 5.13 Å². The number of nitrogens with one attached hydrogen (secondary N) is 1. The number of esters is 1. The van der Waals surface area contributed by atoms with Gasteiger partial charge in [0.1, 0.15) is 5.69 Å². The Balaban J connectivity index is 2.63. The topological polar surface area (TPSA) is 111 Å². The number of nitrogens with zero attached hydrogens (tertiary/aromatic N) is 1. The number of ether oxygens (including phenoxy) is 1. The number of carbonyl (C=O) groups excluding carboxylic acids is 3. The highest BCUT2D eigenvalue weighted by molar-refractivity contribution is 7.14. The molecule has 0 aliphatic carbocycles. The monoisotopic (exact) mass is 243 g/mol. The van der Waals surface area contributed by atoms with Gasteiger partial charge in [-0.25, -0.2) is 9.78 Å². The number of hydrogen-bond donors (Lipinski definition) is 2. The Bertz CT molecular complexity index is 429. The van der Waals surface area contributed by atoms with E-state index in [-0.39, 0.29) is 17.4 Å². The van der Waals surface area contributed by atoms with Crippen LogP contribution in [0.5, 0.6) is 0 Å². The minimum Gasteiger partial charge on any atom is -0.459 e. The fraction of sp³-hybridized carbons (Fsp3) is 0.250. The second kappa shape index (κ2) is 5.21. The average molecular weight is 243 g/mol. The molecule has 0 fully saturated rings. The van der Waals surface area contributed by atoms with Gasteiger partial charge in [0.15, 0.2) is 5.13 Å². The van der Waals surface area contributed by atoms with Gasteiger partial charge in [-0.1, -0.05) is 0 Å². The summed E-state index contributed by atoms with van der Waals surface area (Å²) in [5.41, 5.74) is 5.00. The Hall–Kier alpha value is -1.96. The Labute approximate surface area is 94.6 Å². The lowest BCUT2D eigenvalue weighted by atomic mass is 10.5. The van der Waals surface area contributed by atoms with Crippen molar-refractivity contribution in [2.45, 2.75) is 6.92 Å². The van der Waals surface area contributed by atoms with Crippen molar-refractivity contribution in [2.24, 2.45) is 5.73 Å². The maximum absolute atomic E-state index is 11.1. The minimum atomic E-state index is -1.00. The van der Waals surface area contributed by atoms with Crippen molar-refractivity contribution in [3.05, 3.63) is 11.1 Å². The molecule has 0 atom stereocenters. The van der Waals surface area contributed by atoms with Gasteiger partial charge in [-0.05, 0) is 6.92 Å². The Morgan fingerprint density at radius 2 is 2.25 bits per heavy atom. The molecule has 1 rings (SSSR count). The number of carbonyl (C=O) groups is 3. The summed E-state index contributed by atoms with van der Waals surface area (Å²) in [7, 11) is 0. The maximum atomic E-state index is 11.1. The van der Waals surface area contributed by atoms with E-state index >= 15 is 0 Å². The summed E-state index contributed by atoms with van der Waals surface area (Å²) in [6, 6.07) is 0. The van der Waals surface area contributed by atoms with Crippen LogP contribution < -0.4 is 11.1 Å². The van der Waals surface area contributed by atoms with E-state index in [1.54, 1.807) is 6.92 Å². The molecule has 8 heteroatoms. The van der Waals surface area contributed by atoms with E-state index in [0.29, 0.717) is 0 Å². The van der Waals surface area contributed by atoms with Crippen LogP contribution >= 0.6 is 11.3 Å². The van der Waals surface area contributed by atoms with Crippen LogP contribution in [0.2, 0.25) is 0 Å². The molecule has 0 spiro atoms. The van der Waals surface area contributed by atoms with E-state index in [4.69, 9.17) is 5.73 Å². The van der Waals surface area contributed by atoms with Crippen LogP contribution in [0.3, 0.4) is 0 Å². The first-order chi connectivity index (χ1) is 7.54. The quantitative estimate of drug-likeness (QED) is 0.561. The van der Waals surface area contributed by atoms with Crippen molar-refractivity contribution in [3.8, 4) is 0 Å². The molecule has 0 aliphatic rings. The Kier molecular flexibility index (Phi) is 3.95. The molecule has 1 heterocycles. The maximum Gasteiger partial charge on any atom is 0.397 e. The molecule has 2 amide bonds. The fourth-order valence-corrected chi connectivity index (χ4v) is 1.48. The average Bonchev–Trinajstić information content (AvgIpc) is 2.66.